The third kappa shape index (κ3) is 3.33. The molecule has 20 heavy (non-hydrogen) atoms. The monoisotopic (exact) mass is 335 g/mol. The minimum Gasteiger partial charge on any atom is -0.347 e. The van der Waals surface area contributed by atoms with Gasteiger partial charge in [-0.25, -0.2) is 4.98 Å². The number of nitrogens with zero attached hydrogens (tertiary/aromatic N) is 3. The van der Waals surface area contributed by atoms with Crippen LogP contribution in [-0.2, 0) is 6.54 Å². The predicted octanol–water partition coefficient (Wildman–Crippen LogP) is 3.78. The van der Waals surface area contributed by atoms with Crippen LogP contribution in [0.3, 0.4) is 0 Å². The van der Waals surface area contributed by atoms with Crippen molar-refractivity contribution in [3.05, 3.63) is 62.7 Å². The van der Waals surface area contributed by atoms with Gasteiger partial charge in [-0.3, -0.25) is 10.1 Å². The lowest BCUT2D eigenvalue weighted by Gasteiger charge is -2.21. The first-order valence-electron chi connectivity index (χ1n) is 6.20. The zero-order valence-corrected chi connectivity index (χ0v) is 12.6. The van der Waals surface area contributed by atoms with Crippen molar-refractivity contribution in [2.24, 2.45) is 0 Å². The van der Waals surface area contributed by atoms with Gasteiger partial charge in [0.2, 0.25) is 5.82 Å². The highest BCUT2D eigenvalue weighted by Crippen LogP contribution is 2.29. The molecule has 5 nitrogen and oxygen atoms in total. The molecule has 1 aromatic heterocycles. The molecule has 6 heteroatoms. The highest BCUT2D eigenvalue weighted by molar-refractivity contribution is 9.10. The lowest BCUT2D eigenvalue weighted by Crippen LogP contribution is -2.24. The maximum atomic E-state index is 11.2. The number of pyridine rings is 1. The molecule has 2 aromatic rings. The SMILES string of the molecule is CCN(Cc1ccccc1)c1ncc(Br)cc1[N+](=O)[O-]. The zero-order chi connectivity index (χ0) is 14.5. The summed E-state index contributed by atoms with van der Waals surface area (Å²) in [4.78, 5) is 16.9. The maximum absolute atomic E-state index is 11.2. The second kappa shape index (κ2) is 6.47. The van der Waals surface area contributed by atoms with E-state index in [1.807, 2.05) is 42.2 Å². The number of hydrogen-bond donors (Lipinski definition) is 0. The third-order valence-electron chi connectivity index (χ3n) is 2.91. The molecule has 0 saturated heterocycles. The van der Waals surface area contributed by atoms with Crippen molar-refractivity contribution in [3.8, 4) is 0 Å². The fourth-order valence-electron chi connectivity index (χ4n) is 1.94. The fourth-order valence-corrected chi connectivity index (χ4v) is 2.26. The summed E-state index contributed by atoms with van der Waals surface area (Å²) < 4.78 is 0.601. The summed E-state index contributed by atoms with van der Waals surface area (Å²) in [6, 6.07) is 11.3. The van der Waals surface area contributed by atoms with Crippen LogP contribution in [0.2, 0.25) is 0 Å². The Morgan fingerprint density at radius 1 is 1.35 bits per heavy atom. The smallest absolute Gasteiger partial charge is 0.312 e. The molecule has 0 spiro atoms. The van der Waals surface area contributed by atoms with E-state index in [1.54, 1.807) is 6.20 Å². The van der Waals surface area contributed by atoms with E-state index in [-0.39, 0.29) is 5.69 Å². The molecule has 1 heterocycles. The Morgan fingerprint density at radius 3 is 2.65 bits per heavy atom. The van der Waals surface area contributed by atoms with Gasteiger partial charge in [0, 0.05) is 29.8 Å². The Hall–Kier alpha value is -1.95. The Labute approximate surface area is 125 Å². The molecule has 0 bridgehead atoms. The van der Waals surface area contributed by atoms with Gasteiger partial charge in [-0.1, -0.05) is 30.3 Å². The number of anilines is 1. The molecule has 0 amide bonds. The Morgan fingerprint density at radius 2 is 2.05 bits per heavy atom. The van der Waals surface area contributed by atoms with Gasteiger partial charge in [-0.05, 0) is 28.4 Å². The molecule has 0 aliphatic rings. The molecule has 0 N–H and O–H groups in total. The average molecular weight is 336 g/mol. The van der Waals surface area contributed by atoms with E-state index in [4.69, 9.17) is 0 Å². The minimum absolute atomic E-state index is 0.0113. The molecule has 104 valence electrons. The highest BCUT2D eigenvalue weighted by Gasteiger charge is 2.20. The van der Waals surface area contributed by atoms with Gasteiger partial charge in [0.25, 0.3) is 0 Å². The summed E-state index contributed by atoms with van der Waals surface area (Å²) in [7, 11) is 0. The summed E-state index contributed by atoms with van der Waals surface area (Å²) in [5, 5.41) is 11.2. The highest BCUT2D eigenvalue weighted by atomic mass is 79.9. The molecule has 0 aliphatic carbocycles. The molecule has 0 atom stereocenters. The van der Waals surface area contributed by atoms with Crippen LogP contribution < -0.4 is 4.90 Å². The predicted molar refractivity (Wildman–Crippen MR) is 81.8 cm³/mol. The van der Waals surface area contributed by atoms with Crippen LogP contribution in [0.5, 0.6) is 0 Å². The number of hydrogen-bond acceptors (Lipinski definition) is 4. The maximum Gasteiger partial charge on any atom is 0.312 e. The first-order chi connectivity index (χ1) is 9.61. The molecule has 0 unspecified atom stereocenters. The first-order valence-corrected chi connectivity index (χ1v) is 7.00. The summed E-state index contributed by atoms with van der Waals surface area (Å²) in [5.41, 5.74) is 1.10. The number of aromatic nitrogens is 1. The van der Waals surface area contributed by atoms with Crippen LogP contribution >= 0.6 is 15.9 Å². The van der Waals surface area contributed by atoms with E-state index in [0.717, 1.165) is 5.56 Å². The quantitative estimate of drug-likeness (QED) is 0.616. The van der Waals surface area contributed by atoms with E-state index in [1.165, 1.54) is 6.07 Å². The normalized spacial score (nSPS) is 10.3. The first kappa shape index (κ1) is 14.5. The van der Waals surface area contributed by atoms with E-state index in [2.05, 4.69) is 20.9 Å². The van der Waals surface area contributed by atoms with Crippen molar-refractivity contribution in [2.45, 2.75) is 13.5 Å². The van der Waals surface area contributed by atoms with Gasteiger partial charge in [0.05, 0.1) is 4.92 Å². The van der Waals surface area contributed by atoms with E-state index < -0.39 is 4.92 Å². The largest absolute Gasteiger partial charge is 0.347 e. The van der Waals surface area contributed by atoms with Crippen molar-refractivity contribution >= 4 is 27.4 Å². The summed E-state index contributed by atoms with van der Waals surface area (Å²) >= 11 is 3.22. The molecular formula is C14H14BrN3O2. The van der Waals surface area contributed by atoms with Crippen LogP contribution in [0.25, 0.3) is 0 Å². The van der Waals surface area contributed by atoms with Crippen molar-refractivity contribution in [1.29, 1.82) is 0 Å². The van der Waals surface area contributed by atoms with Gasteiger partial charge in [0.15, 0.2) is 0 Å². The van der Waals surface area contributed by atoms with E-state index in [9.17, 15) is 10.1 Å². The van der Waals surface area contributed by atoms with Gasteiger partial charge in [-0.2, -0.15) is 0 Å². The van der Waals surface area contributed by atoms with Crippen LogP contribution in [0.1, 0.15) is 12.5 Å². The number of halogens is 1. The molecule has 0 saturated carbocycles. The lowest BCUT2D eigenvalue weighted by molar-refractivity contribution is -0.384. The van der Waals surface area contributed by atoms with Crippen molar-refractivity contribution < 1.29 is 4.92 Å². The second-order valence-corrected chi connectivity index (χ2v) is 5.17. The van der Waals surface area contributed by atoms with Crippen LogP contribution in [0.15, 0.2) is 47.1 Å². The zero-order valence-electron chi connectivity index (χ0n) is 11.0. The Bertz CT molecular complexity index is 605. The Kier molecular flexibility index (Phi) is 4.68. The molecule has 2 rings (SSSR count). The Balaban J connectivity index is 2.34. The van der Waals surface area contributed by atoms with Crippen molar-refractivity contribution in [2.75, 3.05) is 11.4 Å². The number of benzene rings is 1. The second-order valence-electron chi connectivity index (χ2n) is 4.25. The van der Waals surface area contributed by atoms with Crippen molar-refractivity contribution in [1.82, 2.24) is 4.98 Å². The molecular weight excluding hydrogens is 322 g/mol. The minimum atomic E-state index is -0.402. The van der Waals surface area contributed by atoms with Crippen LogP contribution in [-0.4, -0.2) is 16.5 Å². The summed E-state index contributed by atoms with van der Waals surface area (Å²) in [5.74, 6) is 0.393. The molecule has 0 radical (unpaired) electrons. The van der Waals surface area contributed by atoms with Gasteiger partial charge >= 0.3 is 5.69 Å². The number of nitro groups is 1. The third-order valence-corrected chi connectivity index (χ3v) is 3.34. The van der Waals surface area contributed by atoms with E-state index >= 15 is 0 Å². The average Bonchev–Trinajstić information content (AvgIpc) is 2.46. The molecule has 1 aromatic carbocycles. The topological polar surface area (TPSA) is 59.3 Å². The fraction of sp³-hybridized carbons (Fsp3) is 0.214. The molecule has 0 fully saturated rings. The number of rotatable bonds is 5. The van der Waals surface area contributed by atoms with Crippen LogP contribution in [0.4, 0.5) is 11.5 Å². The van der Waals surface area contributed by atoms with Gasteiger partial charge in [-0.15, -0.1) is 0 Å². The summed E-state index contributed by atoms with van der Waals surface area (Å²) in [6.07, 6.45) is 1.58. The van der Waals surface area contributed by atoms with Gasteiger partial charge in [0.1, 0.15) is 0 Å². The van der Waals surface area contributed by atoms with E-state index in [0.29, 0.717) is 23.4 Å². The summed E-state index contributed by atoms with van der Waals surface area (Å²) in [6.45, 7) is 3.19. The standard InChI is InChI=1S/C14H14BrN3O2/c1-2-17(10-11-6-4-3-5-7-11)14-13(18(19)20)8-12(15)9-16-14/h3-9H,2,10H2,1H3. The lowest BCUT2D eigenvalue weighted by atomic mass is 10.2. The molecule has 0 aliphatic heterocycles. The van der Waals surface area contributed by atoms with Crippen LogP contribution in [0, 0.1) is 10.1 Å². The van der Waals surface area contributed by atoms with Gasteiger partial charge < -0.3 is 4.90 Å². The van der Waals surface area contributed by atoms with Crippen molar-refractivity contribution in [3.63, 3.8) is 0 Å².